The number of nitrogens with zero attached hydrogens (tertiary/aromatic N) is 2. The van der Waals surface area contributed by atoms with E-state index in [-0.39, 0.29) is 0 Å². The summed E-state index contributed by atoms with van der Waals surface area (Å²) in [4.78, 5) is 2.35. The standard InChI is InChI=1S/C9H19N3/c1-9(2)8-10-12-6-4-11(3)5-7-12/h10H,1,4-8H2,2-3H3. The van der Waals surface area contributed by atoms with Crippen LogP contribution in [0, 0.1) is 0 Å². The zero-order valence-electron chi connectivity index (χ0n) is 8.14. The molecule has 0 spiro atoms. The summed E-state index contributed by atoms with van der Waals surface area (Å²) in [5.74, 6) is 0. The van der Waals surface area contributed by atoms with Crippen LogP contribution in [-0.2, 0) is 0 Å². The zero-order valence-corrected chi connectivity index (χ0v) is 8.14. The van der Waals surface area contributed by atoms with Gasteiger partial charge in [-0.15, -0.1) is 0 Å². The summed E-state index contributed by atoms with van der Waals surface area (Å²) in [7, 11) is 2.16. The number of likely N-dealkylation sites (N-methyl/N-ethyl adjacent to an activating group) is 1. The molecule has 1 rings (SSSR count). The number of piperazine rings is 1. The van der Waals surface area contributed by atoms with Crippen molar-refractivity contribution in [1.29, 1.82) is 0 Å². The van der Waals surface area contributed by atoms with Gasteiger partial charge in [0.2, 0.25) is 0 Å². The van der Waals surface area contributed by atoms with E-state index in [9.17, 15) is 0 Å². The second-order valence-corrected chi connectivity index (χ2v) is 3.58. The van der Waals surface area contributed by atoms with Crippen molar-refractivity contribution >= 4 is 0 Å². The lowest BCUT2D eigenvalue weighted by molar-refractivity contribution is 0.109. The zero-order chi connectivity index (χ0) is 8.97. The van der Waals surface area contributed by atoms with Crippen LogP contribution in [0.4, 0.5) is 0 Å². The average Bonchev–Trinajstić information content (AvgIpc) is 2.03. The Bertz CT molecular complexity index is 148. The maximum absolute atomic E-state index is 3.85. The van der Waals surface area contributed by atoms with Crippen LogP contribution in [0.3, 0.4) is 0 Å². The number of hydrogen-bond donors (Lipinski definition) is 1. The van der Waals surface area contributed by atoms with Gasteiger partial charge in [-0.25, -0.2) is 5.01 Å². The van der Waals surface area contributed by atoms with Crippen molar-refractivity contribution in [3.63, 3.8) is 0 Å². The molecule has 1 aliphatic heterocycles. The van der Waals surface area contributed by atoms with E-state index in [1.54, 1.807) is 0 Å². The molecule has 0 atom stereocenters. The minimum absolute atomic E-state index is 0.906. The van der Waals surface area contributed by atoms with E-state index in [0.717, 1.165) is 32.7 Å². The monoisotopic (exact) mass is 169 g/mol. The first-order valence-electron chi connectivity index (χ1n) is 4.50. The van der Waals surface area contributed by atoms with Crippen LogP contribution < -0.4 is 5.43 Å². The molecule has 3 heteroatoms. The lowest BCUT2D eigenvalue weighted by Crippen LogP contribution is -2.51. The van der Waals surface area contributed by atoms with Crippen LogP contribution in [0.5, 0.6) is 0 Å². The second-order valence-electron chi connectivity index (χ2n) is 3.58. The molecule has 12 heavy (non-hydrogen) atoms. The Hall–Kier alpha value is -0.380. The van der Waals surface area contributed by atoms with E-state index in [4.69, 9.17) is 0 Å². The van der Waals surface area contributed by atoms with Crippen LogP contribution in [0.2, 0.25) is 0 Å². The van der Waals surface area contributed by atoms with E-state index >= 15 is 0 Å². The molecule has 0 aliphatic carbocycles. The Balaban J connectivity index is 2.13. The lowest BCUT2D eigenvalue weighted by Gasteiger charge is -2.32. The van der Waals surface area contributed by atoms with Gasteiger partial charge in [0.05, 0.1) is 0 Å². The molecule has 1 heterocycles. The van der Waals surface area contributed by atoms with Crippen molar-refractivity contribution in [3.8, 4) is 0 Å². The summed E-state index contributed by atoms with van der Waals surface area (Å²) in [6, 6.07) is 0. The fourth-order valence-corrected chi connectivity index (χ4v) is 1.21. The highest BCUT2D eigenvalue weighted by Crippen LogP contribution is 1.95. The van der Waals surface area contributed by atoms with Gasteiger partial charge in [-0.2, -0.15) is 0 Å². The third kappa shape index (κ3) is 3.34. The first-order valence-corrected chi connectivity index (χ1v) is 4.50. The highest BCUT2D eigenvalue weighted by molar-refractivity contribution is 4.90. The molecule has 0 unspecified atom stereocenters. The number of hydrazine groups is 1. The van der Waals surface area contributed by atoms with Gasteiger partial charge in [0.1, 0.15) is 0 Å². The van der Waals surface area contributed by atoms with Gasteiger partial charge in [0, 0.05) is 32.7 Å². The normalized spacial score (nSPS) is 21.2. The molecule has 1 aliphatic rings. The van der Waals surface area contributed by atoms with Crippen LogP contribution in [-0.4, -0.2) is 49.7 Å². The SMILES string of the molecule is C=C(C)CNN1CCN(C)CC1. The van der Waals surface area contributed by atoms with Crippen LogP contribution in [0.15, 0.2) is 12.2 Å². The minimum Gasteiger partial charge on any atom is -0.304 e. The molecule has 0 bridgehead atoms. The van der Waals surface area contributed by atoms with E-state index in [2.05, 4.69) is 29.0 Å². The smallest absolute Gasteiger partial charge is 0.0307 e. The van der Waals surface area contributed by atoms with Gasteiger partial charge in [-0.05, 0) is 14.0 Å². The quantitative estimate of drug-likeness (QED) is 0.614. The van der Waals surface area contributed by atoms with Gasteiger partial charge in [-0.3, -0.25) is 5.43 Å². The molecule has 1 fully saturated rings. The average molecular weight is 169 g/mol. The first-order chi connectivity index (χ1) is 5.68. The summed E-state index contributed by atoms with van der Waals surface area (Å²) in [6.45, 7) is 11.3. The van der Waals surface area contributed by atoms with Crippen molar-refractivity contribution in [2.75, 3.05) is 39.8 Å². The molecular formula is C9H19N3. The second kappa shape index (κ2) is 4.60. The molecule has 70 valence electrons. The fraction of sp³-hybridized carbons (Fsp3) is 0.778. The summed E-state index contributed by atoms with van der Waals surface area (Å²) in [6.07, 6.45) is 0. The van der Waals surface area contributed by atoms with Gasteiger partial charge >= 0.3 is 0 Å². The Morgan fingerprint density at radius 3 is 2.42 bits per heavy atom. The van der Waals surface area contributed by atoms with Gasteiger partial charge < -0.3 is 4.90 Å². The summed E-state index contributed by atoms with van der Waals surface area (Å²) in [5, 5.41) is 2.27. The molecule has 0 radical (unpaired) electrons. The van der Waals surface area contributed by atoms with Crippen molar-refractivity contribution in [2.24, 2.45) is 0 Å². The van der Waals surface area contributed by atoms with Gasteiger partial charge in [0.15, 0.2) is 0 Å². The van der Waals surface area contributed by atoms with Crippen molar-refractivity contribution in [3.05, 3.63) is 12.2 Å². The lowest BCUT2D eigenvalue weighted by atomic mass is 10.3. The summed E-state index contributed by atoms with van der Waals surface area (Å²) < 4.78 is 0. The molecule has 0 aromatic heterocycles. The molecule has 0 aromatic carbocycles. The van der Waals surface area contributed by atoms with Crippen LogP contribution in [0.1, 0.15) is 6.92 Å². The highest BCUT2D eigenvalue weighted by atomic mass is 15.5. The first kappa shape index (κ1) is 9.71. The Kier molecular flexibility index (Phi) is 3.72. The van der Waals surface area contributed by atoms with Crippen molar-refractivity contribution in [2.45, 2.75) is 6.92 Å². The molecule has 0 amide bonds. The maximum atomic E-state index is 3.85. The molecule has 1 N–H and O–H groups in total. The molecule has 3 nitrogen and oxygen atoms in total. The fourth-order valence-electron chi connectivity index (χ4n) is 1.21. The minimum atomic E-state index is 0.906. The summed E-state index contributed by atoms with van der Waals surface area (Å²) in [5.41, 5.74) is 4.54. The Labute approximate surface area is 75.0 Å². The van der Waals surface area contributed by atoms with E-state index < -0.39 is 0 Å². The predicted molar refractivity (Wildman–Crippen MR) is 51.9 cm³/mol. The third-order valence-electron chi connectivity index (χ3n) is 2.11. The van der Waals surface area contributed by atoms with Crippen molar-refractivity contribution < 1.29 is 0 Å². The highest BCUT2D eigenvalue weighted by Gasteiger charge is 2.12. The summed E-state index contributed by atoms with van der Waals surface area (Å²) >= 11 is 0. The Morgan fingerprint density at radius 1 is 1.33 bits per heavy atom. The van der Waals surface area contributed by atoms with E-state index in [0.29, 0.717) is 0 Å². The molecular weight excluding hydrogens is 150 g/mol. The number of hydrogen-bond acceptors (Lipinski definition) is 3. The topological polar surface area (TPSA) is 18.5 Å². The predicted octanol–water partition coefficient (Wildman–Crippen LogP) is 0.315. The van der Waals surface area contributed by atoms with E-state index in [1.165, 1.54) is 5.57 Å². The largest absolute Gasteiger partial charge is 0.304 e. The maximum Gasteiger partial charge on any atom is 0.0307 e. The van der Waals surface area contributed by atoms with Crippen LogP contribution >= 0.6 is 0 Å². The molecule has 0 aromatic rings. The van der Waals surface area contributed by atoms with Gasteiger partial charge in [-0.1, -0.05) is 12.2 Å². The van der Waals surface area contributed by atoms with Gasteiger partial charge in [0.25, 0.3) is 0 Å². The Morgan fingerprint density at radius 2 is 1.92 bits per heavy atom. The van der Waals surface area contributed by atoms with Crippen molar-refractivity contribution in [1.82, 2.24) is 15.3 Å². The third-order valence-corrected chi connectivity index (χ3v) is 2.11. The number of rotatable bonds is 3. The number of nitrogens with one attached hydrogen (secondary N) is 1. The van der Waals surface area contributed by atoms with Crippen LogP contribution in [0.25, 0.3) is 0 Å². The molecule has 0 saturated carbocycles. The van der Waals surface area contributed by atoms with E-state index in [1.807, 2.05) is 6.92 Å². The molecule has 1 saturated heterocycles.